The van der Waals surface area contributed by atoms with Crippen LogP contribution in [0.15, 0.2) is 172 Å². The van der Waals surface area contributed by atoms with Crippen LogP contribution < -0.4 is 5.32 Å². The lowest BCUT2D eigenvalue weighted by Crippen LogP contribution is -2.33. The number of rotatable bonds is 4. The molecule has 1 unspecified atom stereocenters. The molecule has 0 fully saturated rings. The van der Waals surface area contributed by atoms with E-state index in [2.05, 4.69) is 144 Å². The normalized spacial score (nSPS) is 14.7. The first-order valence-electron chi connectivity index (χ1n) is 16.5. The van der Waals surface area contributed by atoms with E-state index in [0.717, 1.165) is 71.8 Å². The van der Waals surface area contributed by atoms with Gasteiger partial charge in [0.1, 0.15) is 17.6 Å². The van der Waals surface area contributed by atoms with Crippen molar-refractivity contribution < 1.29 is 4.42 Å². The van der Waals surface area contributed by atoms with Crippen LogP contribution in [0.4, 0.5) is 0 Å². The summed E-state index contributed by atoms with van der Waals surface area (Å²) >= 11 is 0. The fraction of sp³-hybridized carbons (Fsp3) is 0.0227. The zero-order valence-electron chi connectivity index (χ0n) is 26.3. The molecule has 0 radical (unpaired) electrons. The molecule has 1 N–H and O–H groups in total. The van der Waals surface area contributed by atoms with Crippen molar-refractivity contribution in [2.75, 3.05) is 0 Å². The standard InChI is InChI=1S/C44H28N4O/c1-3-10-29-24-31(18-16-27(29)8-1)42-46-43(32-19-17-28-9-2-4-11-30(28)25-32)48-44(47-42)37-21-20-35(33-12-5-6-13-34(33)37)36-14-7-15-39-41(36)38-22-23-45-26-40(38)49-39/h1-26,44H,(H,46,47,48). The first kappa shape index (κ1) is 27.5. The molecule has 0 spiro atoms. The number of hydrogen-bond acceptors (Lipinski definition) is 5. The number of fused-ring (bicyclic) bond motifs is 6. The van der Waals surface area contributed by atoms with E-state index in [4.69, 9.17) is 14.4 Å². The van der Waals surface area contributed by atoms with Gasteiger partial charge in [0.15, 0.2) is 11.4 Å². The Labute approximate surface area is 281 Å². The molecule has 7 aromatic carbocycles. The van der Waals surface area contributed by atoms with Crippen molar-refractivity contribution in [3.05, 3.63) is 175 Å². The fourth-order valence-corrected chi connectivity index (χ4v) is 7.25. The van der Waals surface area contributed by atoms with E-state index >= 15 is 0 Å². The maximum absolute atomic E-state index is 6.20. The molecule has 1 aliphatic rings. The van der Waals surface area contributed by atoms with E-state index < -0.39 is 0 Å². The molecule has 9 aromatic rings. The van der Waals surface area contributed by atoms with Gasteiger partial charge in [0, 0.05) is 33.7 Å². The van der Waals surface area contributed by atoms with Gasteiger partial charge in [-0.3, -0.25) is 4.98 Å². The molecule has 0 bridgehead atoms. The number of pyridine rings is 1. The van der Waals surface area contributed by atoms with Crippen LogP contribution in [0.2, 0.25) is 0 Å². The van der Waals surface area contributed by atoms with Gasteiger partial charge in [-0.2, -0.15) is 0 Å². The van der Waals surface area contributed by atoms with Gasteiger partial charge in [-0.15, -0.1) is 0 Å². The molecule has 49 heavy (non-hydrogen) atoms. The SMILES string of the molecule is c1ccc2cc(C3=NC(c4ccc(-c5cccc6oc7cnccc7c56)c5ccccc45)NC(c4ccc5ccccc5c4)=N3)ccc2c1. The topological polar surface area (TPSA) is 62.8 Å². The summed E-state index contributed by atoms with van der Waals surface area (Å²) < 4.78 is 6.20. The third-order valence-electron chi connectivity index (χ3n) is 9.62. The van der Waals surface area contributed by atoms with E-state index in [9.17, 15) is 0 Å². The van der Waals surface area contributed by atoms with Crippen LogP contribution >= 0.6 is 0 Å². The number of amidine groups is 2. The molecule has 1 aliphatic heterocycles. The third-order valence-corrected chi connectivity index (χ3v) is 9.62. The molecule has 5 heteroatoms. The summed E-state index contributed by atoms with van der Waals surface area (Å²) in [5, 5.41) is 12.9. The number of aliphatic imine (C=N–C) groups is 2. The van der Waals surface area contributed by atoms with Crippen LogP contribution in [0.3, 0.4) is 0 Å². The summed E-state index contributed by atoms with van der Waals surface area (Å²) in [4.78, 5) is 14.7. The van der Waals surface area contributed by atoms with E-state index in [1.165, 1.54) is 16.2 Å². The first-order chi connectivity index (χ1) is 24.3. The monoisotopic (exact) mass is 628 g/mol. The molecule has 0 aliphatic carbocycles. The lowest BCUT2D eigenvalue weighted by molar-refractivity contribution is 0.667. The molecule has 5 nitrogen and oxygen atoms in total. The molecule has 10 rings (SSSR count). The van der Waals surface area contributed by atoms with Crippen molar-refractivity contribution in [3.63, 3.8) is 0 Å². The van der Waals surface area contributed by atoms with Crippen molar-refractivity contribution in [2.45, 2.75) is 6.17 Å². The highest BCUT2D eigenvalue weighted by molar-refractivity contribution is 6.17. The highest BCUT2D eigenvalue weighted by atomic mass is 16.3. The minimum atomic E-state index is -0.365. The average molecular weight is 629 g/mol. The van der Waals surface area contributed by atoms with Gasteiger partial charge in [0.25, 0.3) is 0 Å². The van der Waals surface area contributed by atoms with Gasteiger partial charge in [-0.05, 0) is 67.7 Å². The van der Waals surface area contributed by atoms with Gasteiger partial charge < -0.3 is 9.73 Å². The van der Waals surface area contributed by atoms with Crippen molar-refractivity contribution in [1.29, 1.82) is 0 Å². The molecule has 0 saturated carbocycles. The Kier molecular flexibility index (Phi) is 6.18. The Morgan fingerprint density at radius 1 is 0.531 bits per heavy atom. The van der Waals surface area contributed by atoms with E-state index in [0.29, 0.717) is 5.84 Å². The van der Waals surface area contributed by atoms with E-state index in [1.54, 1.807) is 6.20 Å². The zero-order chi connectivity index (χ0) is 32.3. The molecule has 230 valence electrons. The van der Waals surface area contributed by atoms with Gasteiger partial charge in [0.05, 0.1) is 6.20 Å². The van der Waals surface area contributed by atoms with Gasteiger partial charge in [-0.25, -0.2) is 9.98 Å². The maximum Gasteiger partial charge on any atom is 0.159 e. The summed E-state index contributed by atoms with van der Waals surface area (Å²) in [6, 6.07) is 51.1. The largest absolute Gasteiger partial charge is 0.454 e. The van der Waals surface area contributed by atoms with E-state index in [-0.39, 0.29) is 6.17 Å². The maximum atomic E-state index is 6.20. The van der Waals surface area contributed by atoms with Crippen molar-refractivity contribution >= 4 is 65.9 Å². The van der Waals surface area contributed by atoms with Gasteiger partial charge in [-0.1, -0.05) is 121 Å². The molecule has 1 atom stereocenters. The number of hydrogen-bond donors (Lipinski definition) is 1. The summed E-state index contributed by atoms with van der Waals surface area (Å²) in [6.07, 6.45) is 3.25. The molecule has 2 aromatic heterocycles. The number of nitrogens with one attached hydrogen (secondary N) is 1. The number of furan rings is 1. The lowest BCUT2D eigenvalue weighted by atomic mass is 9.91. The van der Waals surface area contributed by atoms with Crippen LogP contribution in [0.5, 0.6) is 0 Å². The summed E-state index contributed by atoms with van der Waals surface area (Å²) in [7, 11) is 0. The quantitative estimate of drug-likeness (QED) is 0.211. The molecule has 0 saturated heterocycles. The minimum absolute atomic E-state index is 0.365. The van der Waals surface area contributed by atoms with Gasteiger partial charge in [0.2, 0.25) is 0 Å². The molecule has 0 amide bonds. The minimum Gasteiger partial charge on any atom is -0.454 e. The predicted molar refractivity (Wildman–Crippen MR) is 201 cm³/mol. The highest BCUT2D eigenvalue weighted by Gasteiger charge is 2.24. The summed E-state index contributed by atoms with van der Waals surface area (Å²) in [5.74, 6) is 1.50. The Bertz CT molecular complexity index is 2830. The predicted octanol–water partition coefficient (Wildman–Crippen LogP) is 10.6. The summed E-state index contributed by atoms with van der Waals surface area (Å²) in [6.45, 7) is 0. The molecular weight excluding hydrogens is 601 g/mol. The summed E-state index contributed by atoms with van der Waals surface area (Å²) in [5.41, 5.74) is 6.99. The second kappa shape index (κ2) is 11.0. The van der Waals surface area contributed by atoms with Crippen LogP contribution in [0, 0.1) is 0 Å². The second-order valence-electron chi connectivity index (χ2n) is 12.5. The molecular formula is C44H28N4O. The highest BCUT2D eigenvalue weighted by Crippen LogP contribution is 2.41. The number of benzene rings is 7. The van der Waals surface area contributed by atoms with Crippen molar-refractivity contribution in [3.8, 4) is 11.1 Å². The smallest absolute Gasteiger partial charge is 0.159 e. The fourth-order valence-electron chi connectivity index (χ4n) is 7.25. The Morgan fingerprint density at radius 3 is 2.06 bits per heavy atom. The van der Waals surface area contributed by atoms with Crippen LogP contribution in [-0.2, 0) is 0 Å². The Hall–Kier alpha value is -6.59. The van der Waals surface area contributed by atoms with Crippen molar-refractivity contribution in [1.82, 2.24) is 10.3 Å². The average Bonchev–Trinajstić information content (AvgIpc) is 3.56. The second-order valence-corrected chi connectivity index (χ2v) is 12.5. The van der Waals surface area contributed by atoms with Crippen LogP contribution in [-0.4, -0.2) is 16.7 Å². The number of aromatic nitrogens is 1. The van der Waals surface area contributed by atoms with Crippen molar-refractivity contribution in [2.24, 2.45) is 9.98 Å². The van der Waals surface area contributed by atoms with E-state index in [1.807, 2.05) is 18.3 Å². The number of nitrogens with zero attached hydrogens (tertiary/aromatic N) is 3. The zero-order valence-corrected chi connectivity index (χ0v) is 26.3. The van der Waals surface area contributed by atoms with Gasteiger partial charge >= 0.3 is 0 Å². The third kappa shape index (κ3) is 4.59. The Morgan fingerprint density at radius 2 is 1.24 bits per heavy atom. The van der Waals surface area contributed by atoms with Crippen LogP contribution in [0.1, 0.15) is 22.9 Å². The van der Waals surface area contributed by atoms with Crippen LogP contribution in [0.25, 0.3) is 65.4 Å². The first-order valence-corrected chi connectivity index (χ1v) is 16.5. The molecule has 3 heterocycles. The lowest BCUT2D eigenvalue weighted by Gasteiger charge is -2.25. The Balaban J connectivity index is 1.15.